The summed E-state index contributed by atoms with van der Waals surface area (Å²) in [7, 11) is -1.35. The van der Waals surface area contributed by atoms with Crippen LogP contribution in [0.3, 0.4) is 0 Å². The van der Waals surface area contributed by atoms with Gasteiger partial charge in [-0.1, -0.05) is 18.2 Å². The Bertz CT molecular complexity index is 917. The Morgan fingerprint density at radius 3 is 2.29 bits per heavy atom. The van der Waals surface area contributed by atoms with Gasteiger partial charge in [-0.05, 0) is 73.7 Å². The first-order chi connectivity index (χ1) is 13.5. The summed E-state index contributed by atoms with van der Waals surface area (Å²) in [6.07, 6.45) is 4.38. The number of sulfonamides is 1. The Kier molecular flexibility index (Phi) is 5.71. The van der Waals surface area contributed by atoms with Crippen LogP contribution in [0.25, 0.3) is 0 Å². The van der Waals surface area contributed by atoms with Gasteiger partial charge in [-0.15, -0.1) is 0 Å². The first-order valence-electron chi connectivity index (χ1n) is 10.2. The summed E-state index contributed by atoms with van der Waals surface area (Å²) in [5, 5.41) is 0. The average Bonchev–Trinajstić information content (AvgIpc) is 2.73. The van der Waals surface area contributed by atoms with Crippen LogP contribution in [0.4, 0.5) is 5.69 Å². The maximum absolute atomic E-state index is 12.7. The molecule has 6 heteroatoms. The fraction of sp³-hybridized carbons (Fsp3) is 0.455. The summed E-state index contributed by atoms with van der Waals surface area (Å²) in [5.74, 6) is 0. The monoisotopic (exact) mass is 399 g/mol. The highest BCUT2D eigenvalue weighted by atomic mass is 32.2. The summed E-state index contributed by atoms with van der Waals surface area (Å²) in [5.41, 5.74) is 4.66. The van der Waals surface area contributed by atoms with Gasteiger partial charge >= 0.3 is 0 Å². The van der Waals surface area contributed by atoms with Crippen molar-refractivity contribution in [2.75, 3.05) is 38.1 Å². The second-order valence-electron chi connectivity index (χ2n) is 7.92. The number of fused-ring (bicyclic) bond motifs is 1. The molecule has 1 saturated heterocycles. The quantitative estimate of drug-likeness (QED) is 0.840. The van der Waals surface area contributed by atoms with Gasteiger partial charge in [0.1, 0.15) is 0 Å². The van der Waals surface area contributed by atoms with Crippen molar-refractivity contribution in [1.29, 1.82) is 0 Å². The molecule has 0 saturated carbocycles. The Hall–Kier alpha value is -1.89. The van der Waals surface area contributed by atoms with Crippen LogP contribution in [0, 0.1) is 0 Å². The molecule has 0 unspecified atom stereocenters. The third kappa shape index (κ3) is 4.40. The van der Waals surface area contributed by atoms with E-state index in [1.165, 1.54) is 23.2 Å². The van der Waals surface area contributed by atoms with Crippen LogP contribution in [0.15, 0.2) is 47.4 Å². The average molecular weight is 400 g/mol. The Labute approximate surface area is 168 Å². The van der Waals surface area contributed by atoms with Crippen molar-refractivity contribution >= 4 is 15.7 Å². The number of aryl methyl sites for hydroxylation is 2. The molecule has 0 spiro atoms. The molecule has 2 aliphatic rings. The van der Waals surface area contributed by atoms with Crippen molar-refractivity contribution in [3.63, 3.8) is 0 Å². The highest BCUT2D eigenvalue weighted by Crippen LogP contribution is 2.24. The lowest BCUT2D eigenvalue weighted by Gasteiger charge is -2.34. The van der Waals surface area contributed by atoms with E-state index in [4.69, 9.17) is 0 Å². The normalized spacial score (nSPS) is 18.1. The van der Waals surface area contributed by atoms with E-state index >= 15 is 0 Å². The van der Waals surface area contributed by atoms with Crippen molar-refractivity contribution in [1.82, 2.24) is 9.62 Å². The van der Waals surface area contributed by atoms with Crippen LogP contribution in [0.5, 0.6) is 0 Å². The van der Waals surface area contributed by atoms with Gasteiger partial charge in [0.25, 0.3) is 0 Å². The van der Waals surface area contributed by atoms with Crippen LogP contribution in [-0.4, -0.2) is 46.5 Å². The van der Waals surface area contributed by atoms with Gasteiger partial charge < -0.3 is 9.80 Å². The van der Waals surface area contributed by atoms with Crippen LogP contribution in [-0.2, 0) is 29.4 Å². The molecule has 4 rings (SSSR count). The number of hydrogen-bond acceptors (Lipinski definition) is 4. The molecule has 1 aliphatic heterocycles. The molecule has 0 bridgehead atoms. The van der Waals surface area contributed by atoms with Gasteiger partial charge in [0.05, 0.1) is 4.90 Å². The maximum atomic E-state index is 12.7. The fourth-order valence-corrected chi connectivity index (χ4v) is 5.10. The van der Waals surface area contributed by atoms with E-state index in [1.807, 2.05) is 24.3 Å². The molecule has 2 aromatic rings. The highest BCUT2D eigenvalue weighted by molar-refractivity contribution is 7.89. The van der Waals surface area contributed by atoms with E-state index < -0.39 is 10.0 Å². The van der Waals surface area contributed by atoms with E-state index in [2.05, 4.69) is 33.7 Å². The first-order valence-corrected chi connectivity index (χ1v) is 11.6. The number of benzene rings is 2. The number of rotatable bonds is 5. The van der Waals surface area contributed by atoms with E-state index in [-0.39, 0.29) is 0 Å². The van der Waals surface area contributed by atoms with E-state index in [0.717, 1.165) is 51.0 Å². The van der Waals surface area contributed by atoms with Crippen LogP contribution in [0.1, 0.15) is 29.5 Å². The lowest BCUT2D eigenvalue weighted by molar-refractivity contribution is 0.313. The van der Waals surface area contributed by atoms with Crippen molar-refractivity contribution in [3.05, 3.63) is 59.2 Å². The van der Waals surface area contributed by atoms with Crippen molar-refractivity contribution in [2.45, 2.75) is 37.1 Å². The zero-order chi connectivity index (χ0) is 19.6. The molecule has 1 heterocycles. The lowest BCUT2D eigenvalue weighted by Crippen LogP contribution is -2.44. The van der Waals surface area contributed by atoms with Crippen molar-refractivity contribution < 1.29 is 8.42 Å². The van der Waals surface area contributed by atoms with Gasteiger partial charge in [-0.25, -0.2) is 13.1 Å². The predicted molar refractivity (Wildman–Crippen MR) is 113 cm³/mol. The summed E-state index contributed by atoms with van der Waals surface area (Å²) in [4.78, 5) is 5.09. The summed E-state index contributed by atoms with van der Waals surface area (Å²) < 4.78 is 28.2. The third-order valence-electron chi connectivity index (χ3n) is 5.90. The summed E-state index contributed by atoms with van der Waals surface area (Å²) in [6.45, 7) is 4.51. The standard InChI is InChI=1S/C22H29N3O2S/c1-24-12-14-25(15-13-24)21-9-6-18(7-10-21)17-23-28(26,27)22-11-8-19-4-2-3-5-20(19)16-22/h6-11,16,23H,2-5,12-15,17H2,1H3. The van der Waals surface area contributed by atoms with E-state index in [9.17, 15) is 8.42 Å². The molecule has 0 atom stereocenters. The number of hydrogen-bond donors (Lipinski definition) is 1. The minimum absolute atomic E-state index is 0.308. The van der Waals surface area contributed by atoms with Crippen LogP contribution >= 0.6 is 0 Å². The van der Waals surface area contributed by atoms with Gasteiger partial charge in [-0.2, -0.15) is 0 Å². The number of anilines is 1. The molecule has 150 valence electrons. The smallest absolute Gasteiger partial charge is 0.240 e. The van der Waals surface area contributed by atoms with E-state index in [1.54, 1.807) is 6.07 Å². The number of nitrogens with one attached hydrogen (secondary N) is 1. The molecule has 0 aromatic heterocycles. The predicted octanol–water partition coefficient (Wildman–Crippen LogP) is 2.80. The molecule has 1 aliphatic carbocycles. The molecule has 0 amide bonds. The Morgan fingerprint density at radius 1 is 0.893 bits per heavy atom. The second-order valence-corrected chi connectivity index (χ2v) is 9.69. The molecule has 2 aromatic carbocycles. The lowest BCUT2D eigenvalue weighted by atomic mass is 9.92. The number of nitrogens with zero attached hydrogens (tertiary/aromatic N) is 2. The van der Waals surface area contributed by atoms with Crippen LogP contribution < -0.4 is 9.62 Å². The molecule has 28 heavy (non-hydrogen) atoms. The maximum Gasteiger partial charge on any atom is 0.240 e. The topological polar surface area (TPSA) is 52.6 Å². The number of likely N-dealkylation sites (N-methyl/N-ethyl adjacent to an activating group) is 1. The minimum atomic E-state index is -3.49. The van der Waals surface area contributed by atoms with Crippen molar-refractivity contribution in [3.8, 4) is 0 Å². The molecule has 0 radical (unpaired) electrons. The second kappa shape index (κ2) is 8.23. The van der Waals surface area contributed by atoms with Crippen molar-refractivity contribution in [2.24, 2.45) is 0 Å². The Balaban J connectivity index is 1.39. The largest absolute Gasteiger partial charge is 0.369 e. The molecular formula is C22H29N3O2S. The first kappa shape index (κ1) is 19.4. The highest BCUT2D eigenvalue weighted by Gasteiger charge is 2.18. The van der Waals surface area contributed by atoms with Gasteiger partial charge in [-0.3, -0.25) is 0 Å². The van der Waals surface area contributed by atoms with E-state index in [0.29, 0.717) is 11.4 Å². The van der Waals surface area contributed by atoms with Gasteiger partial charge in [0, 0.05) is 38.4 Å². The molecular weight excluding hydrogens is 370 g/mol. The third-order valence-corrected chi connectivity index (χ3v) is 7.30. The summed E-state index contributed by atoms with van der Waals surface area (Å²) >= 11 is 0. The zero-order valence-electron chi connectivity index (χ0n) is 16.5. The Morgan fingerprint density at radius 2 is 1.57 bits per heavy atom. The fourth-order valence-electron chi connectivity index (χ4n) is 4.03. The SMILES string of the molecule is CN1CCN(c2ccc(CNS(=O)(=O)c3ccc4c(c3)CCCC4)cc2)CC1. The number of piperazine rings is 1. The zero-order valence-corrected chi connectivity index (χ0v) is 17.3. The van der Waals surface area contributed by atoms with Gasteiger partial charge in [0.2, 0.25) is 10.0 Å². The molecule has 5 nitrogen and oxygen atoms in total. The van der Waals surface area contributed by atoms with Crippen LogP contribution in [0.2, 0.25) is 0 Å². The molecule has 1 N–H and O–H groups in total. The van der Waals surface area contributed by atoms with Gasteiger partial charge in [0.15, 0.2) is 0 Å². The summed E-state index contributed by atoms with van der Waals surface area (Å²) in [6, 6.07) is 13.8. The minimum Gasteiger partial charge on any atom is -0.369 e. The molecule has 1 fully saturated rings.